The number of pyridine rings is 1. The molecule has 2 aromatic rings. The van der Waals surface area contributed by atoms with Crippen molar-refractivity contribution in [2.45, 2.75) is 13.8 Å². The minimum absolute atomic E-state index is 0.279. The second-order valence-corrected chi connectivity index (χ2v) is 4.19. The van der Waals surface area contributed by atoms with E-state index in [9.17, 15) is 4.79 Å². The van der Waals surface area contributed by atoms with Crippen LogP contribution in [0.3, 0.4) is 0 Å². The Morgan fingerprint density at radius 1 is 1.32 bits per heavy atom. The van der Waals surface area contributed by atoms with E-state index in [1.807, 2.05) is 30.5 Å². The Balaban J connectivity index is 2.38. The number of carbonyl (C=O) groups is 1. The summed E-state index contributed by atoms with van der Waals surface area (Å²) in [5.41, 5.74) is 2.93. The third-order valence-corrected chi connectivity index (χ3v) is 2.94. The normalized spacial score (nSPS) is 10.5. The zero-order chi connectivity index (χ0) is 14.0. The second-order valence-electron chi connectivity index (χ2n) is 4.19. The van der Waals surface area contributed by atoms with Crippen molar-refractivity contribution in [2.75, 3.05) is 14.2 Å². The van der Waals surface area contributed by atoms with Gasteiger partial charge in [-0.2, -0.15) is 0 Å². The number of hydrogen-bond acceptors (Lipinski definition) is 4. The monoisotopic (exact) mass is 260 g/mol. The lowest BCUT2D eigenvalue weighted by Crippen LogP contribution is -2.26. The molecular weight excluding hydrogens is 244 g/mol. The van der Waals surface area contributed by atoms with Crippen LogP contribution >= 0.6 is 0 Å². The Labute approximate surface area is 111 Å². The second kappa shape index (κ2) is 5.19. The lowest BCUT2D eigenvalue weighted by atomic mass is 10.3. The number of carbonyl (C=O) groups excluding carboxylic acids is 1. The SMILES string of the molecule is CON(C)C(=O)c1ncn(-c2ccc(C)nc2)c1C. The summed E-state index contributed by atoms with van der Waals surface area (Å²) in [5.74, 6) is -0.279. The van der Waals surface area contributed by atoms with E-state index >= 15 is 0 Å². The van der Waals surface area contributed by atoms with Gasteiger partial charge in [0.25, 0.3) is 5.91 Å². The van der Waals surface area contributed by atoms with E-state index in [1.54, 1.807) is 19.6 Å². The summed E-state index contributed by atoms with van der Waals surface area (Å²) in [6, 6.07) is 3.85. The van der Waals surface area contributed by atoms with Gasteiger partial charge in [-0.25, -0.2) is 10.0 Å². The molecule has 6 heteroatoms. The van der Waals surface area contributed by atoms with Gasteiger partial charge in [-0.15, -0.1) is 0 Å². The van der Waals surface area contributed by atoms with Crippen LogP contribution < -0.4 is 0 Å². The summed E-state index contributed by atoms with van der Waals surface area (Å²) >= 11 is 0. The highest BCUT2D eigenvalue weighted by Crippen LogP contribution is 2.15. The third kappa shape index (κ3) is 2.48. The predicted molar refractivity (Wildman–Crippen MR) is 69.9 cm³/mol. The molecule has 0 bridgehead atoms. The highest BCUT2D eigenvalue weighted by molar-refractivity contribution is 5.92. The largest absolute Gasteiger partial charge is 0.301 e. The maximum absolute atomic E-state index is 12.0. The summed E-state index contributed by atoms with van der Waals surface area (Å²) in [5, 5.41) is 1.15. The Bertz CT molecular complexity index is 589. The first kappa shape index (κ1) is 13.2. The summed E-state index contributed by atoms with van der Waals surface area (Å²) < 4.78 is 1.82. The predicted octanol–water partition coefficient (Wildman–Crippen LogP) is 1.52. The van der Waals surface area contributed by atoms with Crippen molar-refractivity contribution in [1.29, 1.82) is 0 Å². The molecule has 6 nitrogen and oxygen atoms in total. The molecule has 0 atom stereocenters. The van der Waals surface area contributed by atoms with Crippen LogP contribution in [0, 0.1) is 13.8 Å². The number of aromatic nitrogens is 3. The van der Waals surface area contributed by atoms with Crippen LogP contribution in [0.1, 0.15) is 21.9 Å². The van der Waals surface area contributed by atoms with Crippen LogP contribution in [0.15, 0.2) is 24.7 Å². The third-order valence-electron chi connectivity index (χ3n) is 2.94. The molecule has 0 fully saturated rings. The zero-order valence-corrected chi connectivity index (χ0v) is 11.4. The number of amides is 1. The van der Waals surface area contributed by atoms with Crippen LogP contribution in [-0.4, -0.2) is 39.7 Å². The number of imidazole rings is 1. The maximum atomic E-state index is 12.0. The van der Waals surface area contributed by atoms with E-state index in [1.165, 1.54) is 7.11 Å². The van der Waals surface area contributed by atoms with Gasteiger partial charge >= 0.3 is 0 Å². The fourth-order valence-electron chi connectivity index (χ4n) is 1.71. The molecule has 0 saturated heterocycles. The first-order chi connectivity index (χ1) is 9.04. The standard InChI is InChI=1S/C13H16N4O2/c1-9-5-6-11(7-14-9)17-8-15-12(10(17)2)13(18)16(3)19-4/h5-8H,1-4H3. The molecule has 0 aliphatic heterocycles. The molecule has 2 aromatic heterocycles. The minimum atomic E-state index is -0.279. The van der Waals surface area contributed by atoms with Gasteiger partial charge in [0, 0.05) is 12.7 Å². The molecule has 0 saturated carbocycles. The number of hydroxylamine groups is 2. The van der Waals surface area contributed by atoms with Gasteiger partial charge in [0.1, 0.15) is 6.33 Å². The Morgan fingerprint density at radius 2 is 2.05 bits per heavy atom. The van der Waals surface area contributed by atoms with Gasteiger partial charge < -0.3 is 4.57 Å². The summed E-state index contributed by atoms with van der Waals surface area (Å²) in [6.07, 6.45) is 3.36. The zero-order valence-electron chi connectivity index (χ0n) is 11.4. The van der Waals surface area contributed by atoms with E-state index in [0.29, 0.717) is 5.69 Å². The molecule has 0 spiro atoms. The van der Waals surface area contributed by atoms with Gasteiger partial charge in [-0.1, -0.05) is 0 Å². The fourth-order valence-corrected chi connectivity index (χ4v) is 1.71. The van der Waals surface area contributed by atoms with Crippen LogP contribution in [0.25, 0.3) is 5.69 Å². The van der Waals surface area contributed by atoms with Gasteiger partial charge in [0.05, 0.1) is 24.7 Å². The molecule has 0 N–H and O–H groups in total. The molecule has 0 aliphatic rings. The van der Waals surface area contributed by atoms with Gasteiger partial charge in [0.15, 0.2) is 5.69 Å². The maximum Gasteiger partial charge on any atom is 0.297 e. The molecule has 100 valence electrons. The Hall–Kier alpha value is -2.21. The number of aryl methyl sites for hydroxylation is 1. The summed E-state index contributed by atoms with van der Waals surface area (Å²) in [7, 11) is 2.99. The average molecular weight is 260 g/mol. The van der Waals surface area contributed by atoms with E-state index in [2.05, 4.69) is 9.97 Å². The topological polar surface area (TPSA) is 60.2 Å². The highest BCUT2D eigenvalue weighted by Gasteiger charge is 2.19. The first-order valence-electron chi connectivity index (χ1n) is 5.83. The van der Waals surface area contributed by atoms with E-state index in [4.69, 9.17) is 4.84 Å². The number of rotatable bonds is 3. The first-order valence-corrected chi connectivity index (χ1v) is 5.83. The Morgan fingerprint density at radius 3 is 2.63 bits per heavy atom. The summed E-state index contributed by atoms with van der Waals surface area (Å²) in [6.45, 7) is 3.76. The van der Waals surface area contributed by atoms with Crippen LogP contribution in [0.4, 0.5) is 0 Å². The van der Waals surface area contributed by atoms with Crippen LogP contribution in [-0.2, 0) is 4.84 Å². The Kier molecular flexibility index (Phi) is 3.62. The van der Waals surface area contributed by atoms with E-state index in [-0.39, 0.29) is 5.91 Å². The van der Waals surface area contributed by atoms with Gasteiger partial charge in [0.2, 0.25) is 0 Å². The quantitative estimate of drug-likeness (QED) is 0.785. The van der Waals surface area contributed by atoms with Crippen LogP contribution in [0.5, 0.6) is 0 Å². The highest BCUT2D eigenvalue weighted by atomic mass is 16.7. The average Bonchev–Trinajstić information content (AvgIpc) is 2.80. The fraction of sp³-hybridized carbons (Fsp3) is 0.308. The molecule has 0 aliphatic carbocycles. The van der Waals surface area contributed by atoms with E-state index < -0.39 is 0 Å². The molecule has 0 aromatic carbocycles. The molecule has 0 radical (unpaired) electrons. The number of nitrogens with zero attached hydrogens (tertiary/aromatic N) is 4. The van der Waals surface area contributed by atoms with Crippen molar-refractivity contribution in [3.63, 3.8) is 0 Å². The smallest absolute Gasteiger partial charge is 0.297 e. The van der Waals surface area contributed by atoms with E-state index in [0.717, 1.165) is 22.1 Å². The van der Waals surface area contributed by atoms with Crippen molar-refractivity contribution in [3.05, 3.63) is 41.7 Å². The van der Waals surface area contributed by atoms with Crippen LogP contribution in [0.2, 0.25) is 0 Å². The molecule has 1 amide bonds. The molecule has 2 rings (SSSR count). The van der Waals surface area contributed by atoms with Gasteiger partial charge in [-0.3, -0.25) is 14.6 Å². The molecule has 19 heavy (non-hydrogen) atoms. The lowest BCUT2D eigenvalue weighted by molar-refractivity contribution is -0.0760. The van der Waals surface area contributed by atoms with Crippen molar-refractivity contribution < 1.29 is 9.63 Å². The number of hydrogen-bond donors (Lipinski definition) is 0. The van der Waals surface area contributed by atoms with Gasteiger partial charge in [-0.05, 0) is 26.0 Å². The molecule has 2 heterocycles. The minimum Gasteiger partial charge on any atom is -0.301 e. The van der Waals surface area contributed by atoms with Crippen molar-refractivity contribution in [2.24, 2.45) is 0 Å². The lowest BCUT2D eigenvalue weighted by Gasteiger charge is -2.12. The molecule has 0 unspecified atom stereocenters. The van der Waals surface area contributed by atoms with Crippen molar-refractivity contribution in [1.82, 2.24) is 19.6 Å². The van der Waals surface area contributed by atoms with Crippen molar-refractivity contribution >= 4 is 5.91 Å². The summed E-state index contributed by atoms with van der Waals surface area (Å²) in [4.78, 5) is 25.3. The molecular formula is C13H16N4O2. The van der Waals surface area contributed by atoms with Crippen molar-refractivity contribution in [3.8, 4) is 5.69 Å².